The van der Waals surface area contributed by atoms with Gasteiger partial charge in [0.25, 0.3) is 5.91 Å². The van der Waals surface area contributed by atoms with Gasteiger partial charge in [0.1, 0.15) is 6.10 Å². The number of halogens is 1. The first kappa shape index (κ1) is 18.1. The van der Waals surface area contributed by atoms with Gasteiger partial charge in [-0.25, -0.2) is 9.97 Å². The summed E-state index contributed by atoms with van der Waals surface area (Å²) in [6, 6.07) is 10.2. The number of carbonyl (C=O) groups excluding carboxylic acids is 1. The van der Waals surface area contributed by atoms with Crippen molar-refractivity contribution in [1.82, 2.24) is 15.3 Å². The molecule has 25 heavy (non-hydrogen) atoms. The van der Waals surface area contributed by atoms with E-state index in [2.05, 4.69) is 37.9 Å². The predicted molar refractivity (Wildman–Crippen MR) is 105 cm³/mol. The van der Waals surface area contributed by atoms with E-state index in [1.165, 1.54) is 0 Å². The number of aryl methyl sites for hydroxylation is 2. The molecule has 0 radical (unpaired) electrons. The monoisotopic (exact) mass is 451 g/mol. The van der Waals surface area contributed by atoms with Crippen molar-refractivity contribution in [1.29, 1.82) is 0 Å². The van der Waals surface area contributed by atoms with Crippen LogP contribution in [0, 0.1) is 17.4 Å². The van der Waals surface area contributed by atoms with Crippen molar-refractivity contribution in [2.75, 3.05) is 0 Å². The molecular weight excluding hydrogens is 429 g/mol. The second-order valence-corrected chi connectivity index (χ2v) is 7.75. The Morgan fingerprint density at radius 1 is 1.12 bits per heavy atom. The zero-order valence-electron chi connectivity index (χ0n) is 14.5. The number of hydrogen-bond acceptors (Lipinski definition) is 4. The molecule has 0 atom stereocenters. The lowest BCUT2D eigenvalue weighted by atomic mass is 9.92. The van der Waals surface area contributed by atoms with Gasteiger partial charge in [-0.05, 0) is 86.4 Å². The maximum Gasteiger partial charge on any atom is 0.317 e. The lowest BCUT2D eigenvalue weighted by molar-refractivity contribution is 0.0884. The number of ether oxygens (including phenoxy) is 1. The summed E-state index contributed by atoms with van der Waals surface area (Å²) in [5.41, 5.74) is 2.55. The Bertz CT molecular complexity index is 738. The molecule has 0 unspecified atom stereocenters. The van der Waals surface area contributed by atoms with Crippen LogP contribution < -0.4 is 10.1 Å². The van der Waals surface area contributed by atoms with Gasteiger partial charge in [0, 0.05) is 26.6 Å². The van der Waals surface area contributed by atoms with Gasteiger partial charge in [0.2, 0.25) is 0 Å². The second-order valence-electron chi connectivity index (χ2n) is 6.51. The van der Waals surface area contributed by atoms with E-state index in [-0.39, 0.29) is 18.1 Å². The smallest absolute Gasteiger partial charge is 0.317 e. The summed E-state index contributed by atoms with van der Waals surface area (Å²) in [6.45, 7) is 3.89. The summed E-state index contributed by atoms with van der Waals surface area (Å²) >= 11 is 2.22. The molecule has 1 heterocycles. The number of nitrogens with one attached hydrogen (secondary N) is 1. The number of benzene rings is 1. The summed E-state index contributed by atoms with van der Waals surface area (Å²) < 4.78 is 7.00. The van der Waals surface area contributed by atoms with Gasteiger partial charge >= 0.3 is 6.01 Å². The van der Waals surface area contributed by atoms with E-state index in [4.69, 9.17) is 4.74 Å². The second kappa shape index (κ2) is 8.12. The number of carbonyl (C=O) groups is 1. The normalized spacial score (nSPS) is 20.1. The molecule has 2 aromatic rings. The number of hydrogen-bond donors (Lipinski definition) is 1. The van der Waals surface area contributed by atoms with Crippen LogP contribution in [0.1, 0.15) is 47.4 Å². The summed E-state index contributed by atoms with van der Waals surface area (Å²) in [7, 11) is 0. The van der Waals surface area contributed by atoms with Crippen LogP contribution in [-0.4, -0.2) is 28.0 Å². The molecule has 1 N–H and O–H groups in total. The summed E-state index contributed by atoms with van der Waals surface area (Å²) in [4.78, 5) is 21.0. The molecule has 1 fully saturated rings. The largest absolute Gasteiger partial charge is 0.460 e. The molecule has 1 aromatic carbocycles. The van der Waals surface area contributed by atoms with Gasteiger partial charge in [-0.1, -0.05) is 6.07 Å². The molecule has 0 spiro atoms. The third kappa shape index (κ3) is 5.14. The highest BCUT2D eigenvalue weighted by molar-refractivity contribution is 14.1. The van der Waals surface area contributed by atoms with Crippen molar-refractivity contribution in [2.45, 2.75) is 51.7 Å². The van der Waals surface area contributed by atoms with Crippen molar-refractivity contribution < 1.29 is 9.53 Å². The predicted octanol–water partition coefficient (Wildman–Crippen LogP) is 3.82. The Labute approximate surface area is 161 Å². The maximum atomic E-state index is 12.3. The van der Waals surface area contributed by atoms with E-state index in [0.717, 1.165) is 40.6 Å². The van der Waals surface area contributed by atoms with Crippen molar-refractivity contribution in [3.63, 3.8) is 0 Å². The Morgan fingerprint density at radius 2 is 1.80 bits per heavy atom. The standard InChI is InChI=1S/C19H22IN3O2/c1-12-10-13(2)22-19(21-12)25-17-8-6-16(7-9-17)23-18(24)14-4-3-5-15(20)11-14/h3-5,10-11,16-17H,6-9H2,1-2H3,(H,23,24). The van der Waals surface area contributed by atoms with Crippen LogP contribution in [-0.2, 0) is 0 Å². The third-order valence-corrected chi connectivity index (χ3v) is 5.00. The number of amides is 1. The minimum atomic E-state index is 0.000488. The molecule has 6 heteroatoms. The molecule has 132 valence electrons. The van der Waals surface area contributed by atoms with Gasteiger partial charge in [-0.2, -0.15) is 0 Å². The minimum Gasteiger partial charge on any atom is -0.460 e. The van der Waals surface area contributed by atoms with Crippen LogP contribution in [0.25, 0.3) is 0 Å². The van der Waals surface area contributed by atoms with Gasteiger partial charge in [-0.3, -0.25) is 4.79 Å². The van der Waals surface area contributed by atoms with E-state index in [1.54, 1.807) is 0 Å². The van der Waals surface area contributed by atoms with E-state index in [1.807, 2.05) is 44.2 Å². The molecule has 3 rings (SSSR count). The van der Waals surface area contributed by atoms with Crippen LogP contribution in [0.15, 0.2) is 30.3 Å². The van der Waals surface area contributed by atoms with Crippen LogP contribution in [0.4, 0.5) is 0 Å². The highest BCUT2D eigenvalue weighted by Crippen LogP contribution is 2.23. The molecule has 0 bridgehead atoms. The van der Waals surface area contributed by atoms with Crippen LogP contribution in [0.5, 0.6) is 6.01 Å². The van der Waals surface area contributed by atoms with Crippen molar-refractivity contribution in [3.05, 3.63) is 50.9 Å². The first-order valence-corrected chi connectivity index (χ1v) is 9.63. The van der Waals surface area contributed by atoms with Crippen LogP contribution >= 0.6 is 22.6 Å². The highest BCUT2D eigenvalue weighted by atomic mass is 127. The Hall–Kier alpha value is -1.70. The molecule has 1 aromatic heterocycles. The van der Waals surface area contributed by atoms with Crippen molar-refractivity contribution in [2.24, 2.45) is 0 Å². The zero-order valence-corrected chi connectivity index (χ0v) is 16.6. The van der Waals surface area contributed by atoms with Gasteiger partial charge in [0.15, 0.2) is 0 Å². The maximum absolute atomic E-state index is 12.3. The summed E-state index contributed by atoms with van der Waals surface area (Å²) in [5, 5.41) is 3.14. The van der Waals surface area contributed by atoms with Crippen molar-refractivity contribution >= 4 is 28.5 Å². The third-order valence-electron chi connectivity index (χ3n) is 4.33. The number of nitrogens with zero attached hydrogens (tertiary/aromatic N) is 2. The van der Waals surface area contributed by atoms with E-state index >= 15 is 0 Å². The average molecular weight is 451 g/mol. The molecule has 0 saturated heterocycles. The van der Waals surface area contributed by atoms with E-state index in [0.29, 0.717) is 11.6 Å². The van der Waals surface area contributed by atoms with E-state index < -0.39 is 0 Å². The topological polar surface area (TPSA) is 64.1 Å². The van der Waals surface area contributed by atoms with E-state index in [9.17, 15) is 4.79 Å². The molecular formula is C19H22IN3O2. The lowest BCUT2D eigenvalue weighted by Crippen LogP contribution is -2.39. The van der Waals surface area contributed by atoms with Gasteiger partial charge in [-0.15, -0.1) is 0 Å². The fourth-order valence-corrected chi connectivity index (χ4v) is 3.66. The molecule has 1 saturated carbocycles. The average Bonchev–Trinajstić information content (AvgIpc) is 2.56. The molecule has 1 aliphatic rings. The Balaban J connectivity index is 1.51. The number of aromatic nitrogens is 2. The first-order chi connectivity index (χ1) is 12.0. The minimum absolute atomic E-state index is 0.000488. The Morgan fingerprint density at radius 3 is 2.44 bits per heavy atom. The van der Waals surface area contributed by atoms with Crippen LogP contribution in [0.2, 0.25) is 0 Å². The van der Waals surface area contributed by atoms with Crippen LogP contribution in [0.3, 0.4) is 0 Å². The molecule has 5 nitrogen and oxygen atoms in total. The SMILES string of the molecule is Cc1cc(C)nc(OC2CCC(NC(=O)c3cccc(I)c3)CC2)n1. The number of rotatable bonds is 4. The lowest BCUT2D eigenvalue weighted by Gasteiger charge is -2.29. The fourth-order valence-electron chi connectivity index (χ4n) is 3.12. The summed E-state index contributed by atoms with van der Waals surface area (Å²) in [5.74, 6) is 0.000488. The van der Waals surface area contributed by atoms with Gasteiger partial charge < -0.3 is 10.1 Å². The molecule has 1 amide bonds. The van der Waals surface area contributed by atoms with Crippen molar-refractivity contribution in [3.8, 4) is 6.01 Å². The van der Waals surface area contributed by atoms with Gasteiger partial charge in [0.05, 0.1) is 0 Å². The molecule has 1 aliphatic carbocycles. The zero-order chi connectivity index (χ0) is 17.8. The first-order valence-electron chi connectivity index (χ1n) is 8.55. The summed E-state index contributed by atoms with van der Waals surface area (Å²) in [6.07, 6.45) is 3.73. The highest BCUT2D eigenvalue weighted by Gasteiger charge is 2.24. The molecule has 0 aliphatic heterocycles. The fraction of sp³-hybridized carbons (Fsp3) is 0.421. The Kier molecular flexibility index (Phi) is 5.88. The quantitative estimate of drug-likeness (QED) is 0.719.